The number of nitrogens with two attached hydrogens (primary N) is 1. The highest BCUT2D eigenvalue weighted by Crippen LogP contribution is 2.18. The molecule has 18 heavy (non-hydrogen) atoms. The molecule has 1 rings (SSSR count). The maximum Gasteiger partial charge on any atom is 0.135 e. The van der Waals surface area contributed by atoms with E-state index in [1.54, 1.807) is 6.07 Å². The van der Waals surface area contributed by atoms with Crippen molar-refractivity contribution < 1.29 is 4.39 Å². The van der Waals surface area contributed by atoms with Gasteiger partial charge in [0.25, 0.3) is 0 Å². The molecule has 0 fully saturated rings. The lowest BCUT2D eigenvalue weighted by Crippen LogP contribution is -2.19. The van der Waals surface area contributed by atoms with Gasteiger partial charge in [0, 0.05) is 17.3 Å². The summed E-state index contributed by atoms with van der Waals surface area (Å²) >= 11 is 4.77. The molecule has 3 N–H and O–H groups in total. The van der Waals surface area contributed by atoms with Crippen molar-refractivity contribution in [3.8, 4) is 0 Å². The topological polar surface area (TPSA) is 38.0 Å². The van der Waals surface area contributed by atoms with Crippen LogP contribution in [0.4, 0.5) is 10.1 Å². The van der Waals surface area contributed by atoms with Crippen LogP contribution in [0, 0.1) is 11.7 Å². The molecular weight excluding hydrogens is 247 g/mol. The molecule has 4 heteroatoms. The predicted octanol–water partition coefficient (Wildman–Crippen LogP) is 3.70. The first kappa shape index (κ1) is 14.9. The Kier molecular flexibility index (Phi) is 5.54. The summed E-state index contributed by atoms with van der Waals surface area (Å²) in [5, 5.41) is 3.29. The van der Waals surface area contributed by atoms with Crippen molar-refractivity contribution in [2.45, 2.75) is 39.7 Å². The van der Waals surface area contributed by atoms with Gasteiger partial charge in [-0.3, -0.25) is 0 Å². The van der Waals surface area contributed by atoms with Crippen LogP contribution in [-0.4, -0.2) is 11.0 Å². The van der Waals surface area contributed by atoms with Gasteiger partial charge in [-0.2, -0.15) is 0 Å². The first-order valence-electron chi connectivity index (χ1n) is 6.30. The van der Waals surface area contributed by atoms with Crippen molar-refractivity contribution in [3.05, 3.63) is 29.6 Å². The van der Waals surface area contributed by atoms with Crippen LogP contribution in [0.2, 0.25) is 0 Å². The van der Waals surface area contributed by atoms with Gasteiger partial charge in [-0.25, -0.2) is 4.39 Å². The Labute approximate surface area is 114 Å². The summed E-state index contributed by atoms with van der Waals surface area (Å²) < 4.78 is 13.7. The molecule has 0 aliphatic carbocycles. The van der Waals surface area contributed by atoms with Gasteiger partial charge in [0.15, 0.2) is 0 Å². The Morgan fingerprint density at radius 1 is 1.44 bits per heavy atom. The second-order valence-corrected chi connectivity index (χ2v) is 5.29. The van der Waals surface area contributed by atoms with Crippen molar-refractivity contribution >= 4 is 22.9 Å². The van der Waals surface area contributed by atoms with Crippen molar-refractivity contribution in [3.63, 3.8) is 0 Å². The van der Waals surface area contributed by atoms with Gasteiger partial charge >= 0.3 is 0 Å². The minimum Gasteiger partial charge on any atom is -0.389 e. The molecule has 0 saturated heterocycles. The quantitative estimate of drug-likeness (QED) is 0.773. The van der Waals surface area contributed by atoms with E-state index in [1.165, 1.54) is 6.07 Å². The largest absolute Gasteiger partial charge is 0.389 e. The molecule has 2 nitrogen and oxygen atoms in total. The SMILES string of the molecule is CCC(C)CC(C)Nc1ccc(C(N)=S)c(F)c1. The first-order chi connectivity index (χ1) is 8.43. The third kappa shape index (κ3) is 4.26. The molecule has 0 amide bonds. The Morgan fingerprint density at radius 3 is 2.61 bits per heavy atom. The van der Waals surface area contributed by atoms with Crippen LogP contribution in [0.5, 0.6) is 0 Å². The lowest BCUT2D eigenvalue weighted by molar-refractivity contribution is 0.483. The third-order valence-corrected chi connectivity index (χ3v) is 3.32. The number of hydrogen-bond acceptors (Lipinski definition) is 2. The second kappa shape index (κ2) is 6.69. The highest BCUT2D eigenvalue weighted by Gasteiger charge is 2.09. The highest BCUT2D eigenvalue weighted by molar-refractivity contribution is 7.80. The second-order valence-electron chi connectivity index (χ2n) is 4.85. The summed E-state index contributed by atoms with van der Waals surface area (Å²) in [6.07, 6.45) is 2.22. The Hall–Kier alpha value is -1.16. The van der Waals surface area contributed by atoms with Gasteiger partial charge in [-0.05, 0) is 37.5 Å². The fourth-order valence-corrected chi connectivity index (χ4v) is 2.08. The van der Waals surface area contributed by atoms with Gasteiger partial charge in [-0.15, -0.1) is 0 Å². The molecule has 0 spiro atoms. The summed E-state index contributed by atoms with van der Waals surface area (Å²) in [5.74, 6) is 0.288. The van der Waals surface area contributed by atoms with Gasteiger partial charge in [0.05, 0.1) is 0 Å². The molecule has 0 aromatic heterocycles. The average Bonchev–Trinajstić information content (AvgIpc) is 2.28. The van der Waals surface area contributed by atoms with Crippen molar-refractivity contribution in [1.82, 2.24) is 0 Å². The van der Waals surface area contributed by atoms with E-state index >= 15 is 0 Å². The van der Waals surface area contributed by atoms with E-state index in [0.717, 1.165) is 18.5 Å². The van der Waals surface area contributed by atoms with Gasteiger partial charge < -0.3 is 11.1 Å². The van der Waals surface area contributed by atoms with Crippen LogP contribution >= 0.6 is 12.2 Å². The zero-order chi connectivity index (χ0) is 13.7. The van der Waals surface area contributed by atoms with Crippen molar-refractivity contribution in [2.24, 2.45) is 11.7 Å². The zero-order valence-electron chi connectivity index (χ0n) is 11.2. The zero-order valence-corrected chi connectivity index (χ0v) is 12.0. The van der Waals surface area contributed by atoms with Crippen LogP contribution in [-0.2, 0) is 0 Å². The van der Waals surface area contributed by atoms with Gasteiger partial charge in [0.2, 0.25) is 0 Å². The molecule has 0 saturated carbocycles. The molecule has 2 unspecified atom stereocenters. The number of rotatable bonds is 6. The smallest absolute Gasteiger partial charge is 0.135 e. The minimum absolute atomic E-state index is 0.0895. The van der Waals surface area contributed by atoms with Gasteiger partial charge in [0.1, 0.15) is 10.8 Å². The molecule has 1 aromatic carbocycles. The van der Waals surface area contributed by atoms with Crippen LogP contribution in [0.15, 0.2) is 18.2 Å². The standard InChI is InChI=1S/C14H21FN2S/c1-4-9(2)7-10(3)17-11-5-6-12(14(16)18)13(15)8-11/h5-6,8-10,17H,4,7H2,1-3H3,(H2,16,18). The van der Waals surface area contributed by atoms with Crippen LogP contribution < -0.4 is 11.1 Å². The van der Waals surface area contributed by atoms with Crippen LogP contribution in [0.1, 0.15) is 39.2 Å². The molecule has 0 heterocycles. The van der Waals surface area contributed by atoms with Gasteiger partial charge in [-0.1, -0.05) is 32.5 Å². The molecule has 1 aromatic rings. The molecule has 100 valence electrons. The molecule has 0 radical (unpaired) electrons. The van der Waals surface area contributed by atoms with E-state index in [2.05, 4.69) is 26.1 Å². The minimum atomic E-state index is -0.372. The number of halogens is 1. The van der Waals surface area contributed by atoms with E-state index in [0.29, 0.717) is 17.5 Å². The summed E-state index contributed by atoms with van der Waals surface area (Å²) in [5.41, 5.74) is 6.48. The maximum atomic E-state index is 13.7. The summed E-state index contributed by atoms with van der Waals surface area (Å²) in [6.45, 7) is 6.49. The summed E-state index contributed by atoms with van der Waals surface area (Å²) in [6, 6.07) is 5.19. The normalized spacial score (nSPS) is 14.0. The van der Waals surface area contributed by atoms with Crippen molar-refractivity contribution in [1.29, 1.82) is 0 Å². The lowest BCUT2D eigenvalue weighted by atomic mass is 10.00. The average molecular weight is 268 g/mol. The van der Waals surface area contributed by atoms with Crippen LogP contribution in [0.3, 0.4) is 0 Å². The fraction of sp³-hybridized carbons (Fsp3) is 0.500. The summed E-state index contributed by atoms with van der Waals surface area (Å²) in [4.78, 5) is 0.0895. The number of anilines is 1. The number of nitrogens with one attached hydrogen (secondary N) is 1. The first-order valence-corrected chi connectivity index (χ1v) is 6.70. The Balaban J connectivity index is 2.68. The van der Waals surface area contributed by atoms with E-state index < -0.39 is 0 Å². The Morgan fingerprint density at radius 2 is 2.11 bits per heavy atom. The highest BCUT2D eigenvalue weighted by atomic mass is 32.1. The molecule has 0 aliphatic heterocycles. The Bertz CT molecular complexity index is 420. The van der Waals surface area contributed by atoms with E-state index in [9.17, 15) is 4.39 Å². The fourth-order valence-electron chi connectivity index (χ4n) is 1.92. The number of benzene rings is 1. The van der Waals surface area contributed by atoms with E-state index in [4.69, 9.17) is 18.0 Å². The molecule has 2 atom stereocenters. The maximum absolute atomic E-state index is 13.7. The summed E-state index contributed by atoms with van der Waals surface area (Å²) in [7, 11) is 0. The number of hydrogen-bond donors (Lipinski definition) is 2. The molecule has 0 bridgehead atoms. The van der Waals surface area contributed by atoms with E-state index in [1.807, 2.05) is 6.07 Å². The molecule has 0 aliphatic rings. The lowest BCUT2D eigenvalue weighted by Gasteiger charge is -2.19. The van der Waals surface area contributed by atoms with Crippen molar-refractivity contribution in [2.75, 3.05) is 5.32 Å². The monoisotopic (exact) mass is 268 g/mol. The third-order valence-electron chi connectivity index (χ3n) is 3.10. The molecular formula is C14H21FN2S. The predicted molar refractivity (Wildman–Crippen MR) is 79.4 cm³/mol. The van der Waals surface area contributed by atoms with E-state index in [-0.39, 0.29) is 10.8 Å². The van der Waals surface area contributed by atoms with Crippen LogP contribution in [0.25, 0.3) is 0 Å². The number of thiocarbonyl (C=S) groups is 1.